The molecule has 188 valence electrons. The Hall–Kier alpha value is -4.33. The predicted octanol–water partition coefficient (Wildman–Crippen LogP) is 3.51. The number of aromatic carboxylic acids is 1. The van der Waals surface area contributed by atoms with E-state index in [1.807, 2.05) is 30.3 Å². The number of alkyl carbamates (subject to hydrolysis) is 1. The number of carbonyl (C=O) groups is 3. The van der Waals surface area contributed by atoms with Crippen LogP contribution in [-0.2, 0) is 22.6 Å². The second-order valence-corrected chi connectivity index (χ2v) is 8.44. The Balaban J connectivity index is 1.77. The quantitative estimate of drug-likeness (QED) is 0.342. The normalized spacial score (nSPS) is 11.4. The fraction of sp³-hybridized carbons (Fsp3) is 0.250. The third-order valence-electron chi connectivity index (χ3n) is 5.51. The van der Waals surface area contributed by atoms with Gasteiger partial charge < -0.3 is 29.4 Å². The van der Waals surface area contributed by atoms with Crippen LogP contribution in [0.25, 0.3) is 0 Å². The monoisotopic (exact) mass is 490 g/mol. The summed E-state index contributed by atoms with van der Waals surface area (Å²) in [5, 5.41) is 14.3. The number of ether oxygens (including phenoxy) is 3. The molecule has 8 nitrogen and oxygen atoms in total. The maximum Gasteiger partial charge on any atom is 0.408 e. The summed E-state index contributed by atoms with van der Waals surface area (Å²) >= 11 is 0. The summed E-state index contributed by atoms with van der Waals surface area (Å²) in [4.78, 5) is 37.2. The Morgan fingerprint density at radius 2 is 1.58 bits per heavy atom. The van der Waals surface area contributed by atoms with Crippen LogP contribution >= 0.6 is 0 Å². The minimum Gasteiger partial charge on any atom is -0.545 e. The lowest BCUT2D eigenvalue weighted by atomic mass is 9.98. The summed E-state index contributed by atoms with van der Waals surface area (Å²) in [6.45, 7) is 3.55. The summed E-state index contributed by atoms with van der Waals surface area (Å²) in [6, 6.07) is 19.6. The molecule has 8 heteroatoms. The van der Waals surface area contributed by atoms with Gasteiger partial charge in [0.1, 0.15) is 24.1 Å². The van der Waals surface area contributed by atoms with E-state index in [0.717, 1.165) is 11.1 Å². The Morgan fingerprint density at radius 1 is 0.889 bits per heavy atom. The zero-order valence-corrected chi connectivity index (χ0v) is 20.4. The third-order valence-corrected chi connectivity index (χ3v) is 5.51. The minimum absolute atomic E-state index is 0.0478. The van der Waals surface area contributed by atoms with Gasteiger partial charge >= 0.3 is 12.1 Å². The summed E-state index contributed by atoms with van der Waals surface area (Å²) in [5.74, 6) is -1.73. The molecular formula is C28H28NO7-. The molecule has 0 aromatic heterocycles. The molecular weight excluding hydrogens is 462 g/mol. The molecule has 1 amide bonds. The van der Waals surface area contributed by atoms with E-state index in [1.54, 1.807) is 45.2 Å². The van der Waals surface area contributed by atoms with Gasteiger partial charge in [-0.3, -0.25) is 0 Å². The molecule has 36 heavy (non-hydrogen) atoms. The highest BCUT2D eigenvalue weighted by Crippen LogP contribution is 2.27. The number of esters is 1. The van der Waals surface area contributed by atoms with Crippen LogP contribution in [0, 0.1) is 5.92 Å². The molecule has 0 saturated carbocycles. The Labute approximate surface area is 209 Å². The molecule has 0 aliphatic heterocycles. The predicted molar refractivity (Wildman–Crippen MR) is 131 cm³/mol. The van der Waals surface area contributed by atoms with Crippen LogP contribution in [-0.4, -0.2) is 31.2 Å². The maximum absolute atomic E-state index is 13.1. The van der Waals surface area contributed by atoms with Crippen molar-refractivity contribution in [3.63, 3.8) is 0 Å². The highest BCUT2D eigenvalue weighted by molar-refractivity contribution is 5.90. The van der Waals surface area contributed by atoms with Gasteiger partial charge in [-0.15, -0.1) is 0 Å². The number of amides is 1. The third kappa shape index (κ3) is 7.09. The molecule has 0 spiro atoms. The van der Waals surface area contributed by atoms with Gasteiger partial charge in [-0.2, -0.15) is 0 Å². The van der Waals surface area contributed by atoms with Crippen LogP contribution < -0.4 is 19.9 Å². The lowest BCUT2D eigenvalue weighted by Gasteiger charge is -2.22. The van der Waals surface area contributed by atoms with E-state index in [9.17, 15) is 19.5 Å². The molecule has 0 fully saturated rings. The molecule has 3 rings (SSSR count). The molecule has 3 aromatic rings. The lowest BCUT2D eigenvalue weighted by molar-refractivity contribution is -0.255. The average Bonchev–Trinajstić information content (AvgIpc) is 2.87. The first-order valence-electron chi connectivity index (χ1n) is 11.4. The van der Waals surface area contributed by atoms with Crippen molar-refractivity contribution in [1.29, 1.82) is 0 Å². The summed E-state index contributed by atoms with van der Waals surface area (Å²) in [7, 11) is 1.55. The molecule has 1 atom stereocenters. The fourth-order valence-corrected chi connectivity index (χ4v) is 3.54. The number of carboxylic acid groups (broad SMARTS) is 1. The molecule has 3 aromatic carbocycles. The van der Waals surface area contributed by atoms with Gasteiger partial charge in [-0.05, 0) is 35.2 Å². The van der Waals surface area contributed by atoms with Gasteiger partial charge in [-0.25, -0.2) is 9.59 Å². The standard InChI is InChI=1S/C28H29NO7/c1-18(2)25(29-28(33)35-17-20-8-5-4-6-9-20)27(32)36-24-11-7-10-22(26(30)31)23(24)16-19-12-14-21(34-3)15-13-19/h4-15,18,25H,16-17H2,1-3H3,(H,29,33)(H,30,31)/p-1/t25-/m0/s1. The van der Waals surface area contributed by atoms with Gasteiger partial charge in [0, 0.05) is 17.5 Å². The van der Waals surface area contributed by atoms with E-state index in [4.69, 9.17) is 14.2 Å². The number of nitrogens with one attached hydrogen (secondary N) is 1. The van der Waals surface area contributed by atoms with Crippen molar-refractivity contribution in [2.75, 3.05) is 7.11 Å². The zero-order valence-electron chi connectivity index (χ0n) is 20.4. The number of carbonyl (C=O) groups excluding carboxylic acids is 3. The summed E-state index contributed by atoms with van der Waals surface area (Å²) < 4.78 is 16.0. The van der Waals surface area contributed by atoms with Crippen LogP contribution in [0.5, 0.6) is 11.5 Å². The van der Waals surface area contributed by atoms with Crippen LogP contribution in [0.15, 0.2) is 72.8 Å². The highest BCUT2D eigenvalue weighted by atomic mass is 16.6. The van der Waals surface area contributed by atoms with Crippen molar-refractivity contribution in [1.82, 2.24) is 5.32 Å². The van der Waals surface area contributed by atoms with E-state index >= 15 is 0 Å². The van der Waals surface area contributed by atoms with Crippen molar-refractivity contribution in [3.8, 4) is 11.5 Å². The molecule has 0 radical (unpaired) electrons. The van der Waals surface area contributed by atoms with E-state index in [0.29, 0.717) is 5.75 Å². The number of benzene rings is 3. The smallest absolute Gasteiger partial charge is 0.408 e. The Bertz CT molecular complexity index is 1190. The molecule has 0 heterocycles. The average molecular weight is 491 g/mol. The largest absolute Gasteiger partial charge is 0.545 e. The molecule has 0 unspecified atom stereocenters. The van der Waals surface area contributed by atoms with Crippen molar-refractivity contribution in [3.05, 3.63) is 95.1 Å². The molecule has 0 aliphatic rings. The topological polar surface area (TPSA) is 114 Å². The SMILES string of the molecule is COc1ccc(Cc2c(OC(=O)[C@@H](NC(=O)OCc3ccccc3)C(C)C)cccc2C(=O)[O-])cc1. The maximum atomic E-state index is 13.1. The first kappa shape index (κ1) is 26.3. The number of rotatable bonds is 10. The van der Waals surface area contributed by atoms with Crippen LogP contribution in [0.2, 0.25) is 0 Å². The molecule has 0 saturated heterocycles. The fourth-order valence-electron chi connectivity index (χ4n) is 3.54. The highest BCUT2D eigenvalue weighted by Gasteiger charge is 2.28. The molecule has 0 bridgehead atoms. The minimum atomic E-state index is -1.39. The second kappa shape index (κ2) is 12.4. The molecule has 0 aliphatic carbocycles. The van der Waals surface area contributed by atoms with Gasteiger partial charge in [-0.1, -0.05) is 68.4 Å². The Kier molecular flexibility index (Phi) is 9.05. The van der Waals surface area contributed by atoms with Crippen LogP contribution in [0.4, 0.5) is 4.79 Å². The van der Waals surface area contributed by atoms with Gasteiger partial charge in [0.15, 0.2) is 0 Å². The van der Waals surface area contributed by atoms with E-state index in [-0.39, 0.29) is 35.8 Å². The van der Waals surface area contributed by atoms with Crippen LogP contribution in [0.3, 0.4) is 0 Å². The van der Waals surface area contributed by atoms with Crippen molar-refractivity contribution in [2.45, 2.75) is 32.9 Å². The number of hydrogen-bond acceptors (Lipinski definition) is 7. The molecule has 1 N–H and O–H groups in total. The number of hydrogen-bond donors (Lipinski definition) is 1. The number of methoxy groups -OCH3 is 1. The second-order valence-electron chi connectivity index (χ2n) is 8.44. The Morgan fingerprint density at radius 3 is 2.19 bits per heavy atom. The van der Waals surface area contributed by atoms with Crippen molar-refractivity contribution < 1.29 is 33.7 Å². The van der Waals surface area contributed by atoms with E-state index < -0.39 is 24.1 Å². The lowest BCUT2D eigenvalue weighted by Crippen LogP contribution is -2.46. The van der Waals surface area contributed by atoms with E-state index in [2.05, 4.69) is 5.32 Å². The zero-order chi connectivity index (χ0) is 26.1. The first-order valence-corrected chi connectivity index (χ1v) is 11.4. The first-order chi connectivity index (χ1) is 17.3. The van der Waals surface area contributed by atoms with Gasteiger partial charge in [0.25, 0.3) is 0 Å². The van der Waals surface area contributed by atoms with Crippen molar-refractivity contribution in [2.24, 2.45) is 5.92 Å². The summed E-state index contributed by atoms with van der Waals surface area (Å²) in [6.07, 6.45) is -0.591. The van der Waals surface area contributed by atoms with Crippen molar-refractivity contribution >= 4 is 18.0 Å². The van der Waals surface area contributed by atoms with Gasteiger partial charge in [0.2, 0.25) is 0 Å². The summed E-state index contributed by atoms with van der Waals surface area (Å²) in [5.41, 5.74) is 1.78. The van der Waals surface area contributed by atoms with Gasteiger partial charge in [0.05, 0.1) is 13.1 Å². The number of carboxylic acids is 1. The van der Waals surface area contributed by atoms with E-state index in [1.165, 1.54) is 18.2 Å². The van der Waals surface area contributed by atoms with Crippen LogP contribution in [0.1, 0.15) is 40.9 Å².